The van der Waals surface area contributed by atoms with Crippen LogP contribution in [0.5, 0.6) is 5.75 Å². The molecule has 0 spiro atoms. The number of hydrogen-bond donors (Lipinski definition) is 5. The molecule has 10 heteroatoms. The first-order valence-electron chi connectivity index (χ1n) is 14.0. The zero-order chi connectivity index (χ0) is 29.2. The van der Waals surface area contributed by atoms with Gasteiger partial charge in [-0.25, -0.2) is 13.1 Å². The van der Waals surface area contributed by atoms with Gasteiger partial charge in [0.2, 0.25) is 10.0 Å². The highest BCUT2D eigenvalue weighted by molar-refractivity contribution is 7.90. The normalized spacial score (nSPS) is 14.6. The van der Waals surface area contributed by atoms with Crippen molar-refractivity contribution < 1.29 is 28.2 Å². The Morgan fingerprint density at radius 1 is 1.00 bits per heavy atom. The number of hydrogen-bond acceptors (Lipinski definition) is 8. The Labute approximate surface area is 241 Å². The van der Waals surface area contributed by atoms with Crippen LogP contribution in [0.25, 0.3) is 11.1 Å². The second-order valence-corrected chi connectivity index (χ2v) is 12.2. The zero-order valence-corrected chi connectivity index (χ0v) is 23.9. The Hall–Kier alpha value is -3.44. The van der Waals surface area contributed by atoms with Crippen molar-refractivity contribution in [2.75, 3.05) is 37.8 Å². The van der Waals surface area contributed by atoms with Crippen molar-refractivity contribution in [2.45, 2.75) is 44.1 Å². The largest absolute Gasteiger partial charge is 0.492 e. The first-order valence-corrected chi connectivity index (χ1v) is 15.7. The molecule has 3 aromatic rings. The SMILES string of the molecule is Nc1ccc([C@H](O)CNCCOc2ccc(-c3ccc(C(=O)NS(=O)(=O)CCCO)c(C4CCCC4)c3)cc2)cc1. The number of benzene rings is 3. The minimum atomic E-state index is -3.82. The Morgan fingerprint density at radius 2 is 1.68 bits per heavy atom. The van der Waals surface area contributed by atoms with Crippen molar-refractivity contribution in [1.82, 2.24) is 10.0 Å². The fourth-order valence-corrected chi connectivity index (χ4v) is 6.09. The predicted molar refractivity (Wildman–Crippen MR) is 160 cm³/mol. The Kier molecular flexibility index (Phi) is 10.8. The van der Waals surface area contributed by atoms with E-state index in [2.05, 4.69) is 10.0 Å². The van der Waals surface area contributed by atoms with Gasteiger partial charge in [-0.1, -0.05) is 49.2 Å². The fourth-order valence-electron chi connectivity index (χ4n) is 5.08. The molecule has 9 nitrogen and oxygen atoms in total. The van der Waals surface area contributed by atoms with Crippen molar-refractivity contribution in [3.63, 3.8) is 0 Å². The molecule has 0 bridgehead atoms. The van der Waals surface area contributed by atoms with Gasteiger partial charge in [-0.3, -0.25) is 4.79 Å². The summed E-state index contributed by atoms with van der Waals surface area (Å²) in [6.07, 6.45) is 3.51. The van der Waals surface area contributed by atoms with Crippen LogP contribution in [0.1, 0.15) is 65.6 Å². The third-order valence-corrected chi connectivity index (χ3v) is 8.63. The Balaban J connectivity index is 1.35. The summed E-state index contributed by atoms with van der Waals surface area (Å²) >= 11 is 0. The summed E-state index contributed by atoms with van der Waals surface area (Å²) < 4.78 is 32.5. The zero-order valence-electron chi connectivity index (χ0n) is 23.1. The smallest absolute Gasteiger partial charge is 0.265 e. The van der Waals surface area contributed by atoms with E-state index < -0.39 is 22.0 Å². The summed E-state index contributed by atoms with van der Waals surface area (Å²) in [5.41, 5.74) is 10.3. The summed E-state index contributed by atoms with van der Waals surface area (Å²) in [7, 11) is -3.82. The summed E-state index contributed by atoms with van der Waals surface area (Å²) in [6, 6.07) is 20.4. The average Bonchev–Trinajstić information content (AvgIpc) is 3.51. The minimum Gasteiger partial charge on any atom is -0.492 e. The maximum absolute atomic E-state index is 13.0. The molecular weight excluding hydrogens is 542 g/mol. The quantitative estimate of drug-likeness (QED) is 0.143. The molecule has 1 saturated carbocycles. The van der Waals surface area contributed by atoms with Crippen molar-refractivity contribution in [3.8, 4) is 16.9 Å². The van der Waals surface area contributed by atoms with E-state index >= 15 is 0 Å². The van der Waals surface area contributed by atoms with Crippen molar-refractivity contribution >= 4 is 21.6 Å². The lowest BCUT2D eigenvalue weighted by Gasteiger charge is -2.17. The molecule has 3 aromatic carbocycles. The molecule has 6 N–H and O–H groups in total. The van der Waals surface area contributed by atoms with E-state index in [1.807, 2.05) is 48.5 Å². The Bertz CT molecular complexity index is 1390. The minimum absolute atomic E-state index is 0.0703. The molecule has 0 unspecified atom stereocenters. The molecule has 0 saturated heterocycles. The van der Waals surface area contributed by atoms with E-state index in [0.29, 0.717) is 30.9 Å². The van der Waals surface area contributed by atoms with Crippen LogP contribution in [0.4, 0.5) is 5.69 Å². The number of nitrogen functional groups attached to an aromatic ring is 1. The molecule has 0 heterocycles. The first-order chi connectivity index (χ1) is 19.8. The maximum atomic E-state index is 13.0. The molecule has 0 aliphatic heterocycles. The van der Waals surface area contributed by atoms with Crippen LogP contribution in [0, 0.1) is 0 Å². The summed E-state index contributed by atoms with van der Waals surface area (Å²) in [5.74, 6) is -0.0174. The van der Waals surface area contributed by atoms with Crippen molar-refractivity contribution in [1.29, 1.82) is 0 Å². The lowest BCUT2D eigenvalue weighted by Crippen LogP contribution is -2.33. The van der Waals surface area contributed by atoms with Crippen molar-refractivity contribution in [2.24, 2.45) is 0 Å². The van der Waals surface area contributed by atoms with E-state index in [1.54, 1.807) is 18.2 Å². The van der Waals surface area contributed by atoms with E-state index in [4.69, 9.17) is 15.6 Å². The maximum Gasteiger partial charge on any atom is 0.265 e. The highest BCUT2D eigenvalue weighted by Gasteiger charge is 2.25. The second-order valence-electron chi connectivity index (χ2n) is 10.4. The van der Waals surface area contributed by atoms with Gasteiger partial charge in [0.15, 0.2) is 0 Å². The summed E-state index contributed by atoms with van der Waals surface area (Å²) in [5, 5.41) is 22.4. The molecule has 41 heavy (non-hydrogen) atoms. The van der Waals surface area contributed by atoms with Crippen LogP contribution < -0.4 is 20.5 Å². The van der Waals surface area contributed by atoms with Gasteiger partial charge in [0.1, 0.15) is 12.4 Å². The first kappa shape index (κ1) is 30.5. The third kappa shape index (κ3) is 8.77. The van der Waals surface area contributed by atoms with Gasteiger partial charge in [0, 0.05) is 30.9 Å². The van der Waals surface area contributed by atoms with Crippen LogP contribution in [0.3, 0.4) is 0 Å². The van der Waals surface area contributed by atoms with E-state index in [9.17, 15) is 18.3 Å². The molecule has 1 aliphatic rings. The number of aliphatic hydroxyl groups excluding tert-OH is 2. The summed E-state index contributed by atoms with van der Waals surface area (Å²) in [4.78, 5) is 13.0. The molecule has 1 aliphatic carbocycles. The number of carbonyl (C=O) groups is 1. The van der Waals surface area contributed by atoms with Crippen LogP contribution in [-0.4, -0.2) is 56.6 Å². The molecule has 1 amide bonds. The lowest BCUT2D eigenvalue weighted by molar-refractivity contribution is 0.0980. The van der Waals surface area contributed by atoms with E-state index in [1.165, 1.54) is 0 Å². The van der Waals surface area contributed by atoms with Gasteiger partial charge in [-0.15, -0.1) is 0 Å². The monoisotopic (exact) mass is 581 g/mol. The number of sulfonamides is 1. The molecule has 220 valence electrons. The third-order valence-electron chi connectivity index (χ3n) is 7.30. The Morgan fingerprint density at radius 3 is 2.37 bits per heavy atom. The second kappa shape index (κ2) is 14.5. The molecule has 1 fully saturated rings. The van der Waals surface area contributed by atoms with Crippen LogP contribution >= 0.6 is 0 Å². The number of nitrogens with two attached hydrogens (primary N) is 1. The van der Waals surface area contributed by atoms with Crippen LogP contribution in [0.2, 0.25) is 0 Å². The van der Waals surface area contributed by atoms with E-state index in [0.717, 1.165) is 53.7 Å². The van der Waals surface area contributed by atoms with Crippen LogP contribution in [0.15, 0.2) is 66.7 Å². The van der Waals surface area contributed by atoms with Gasteiger partial charge in [0.05, 0.1) is 11.9 Å². The van der Waals surface area contributed by atoms with Gasteiger partial charge < -0.3 is 26.0 Å². The number of anilines is 1. The van der Waals surface area contributed by atoms with Gasteiger partial charge in [-0.05, 0) is 77.8 Å². The number of nitrogens with one attached hydrogen (secondary N) is 2. The molecular formula is C31H39N3O6S. The fraction of sp³-hybridized carbons (Fsp3) is 0.387. The van der Waals surface area contributed by atoms with Gasteiger partial charge in [0.25, 0.3) is 5.91 Å². The number of aliphatic hydroxyl groups is 2. The number of ether oxygens (including phenoxy) is 1. The van der Waals surface area contributed by atoms with Gasteiger partial charge >= 0.3 is 0 Å². The molecule has 1 atom stereocenters. The van der Waals surface area contributed by atoms with Crippen molar-refractivity contribution in [3.05, 3.63) is 83.4 Å². The highest BCUT2D eigenvalue weighted by atomic mass is 32.2. The summed E-state index contributed by atoms with van der Waals surface area (Å²) in [6.45, 7) is 1.15. The average molecular weight is 582 g/mol. The molecule has 0 radical (unpaired) electrons. The predicted octanol–water partition coefficient (Wildman–Crippen LogP) is 3.74. The molecule has 4 rings (SSSR count). The van der Waals surface area contributed by atoms with Gasteiger partial charge in [-0.2, -0.15) is 0 Å². The van der Waals surface area contributed by atoms with E-state index in [-0.39, 0.29) is 24.7 Å². The lowest BCUT2D eigenvalue weighted by atomic mass is 9.89. The topological polar surface area (TPSA) is 151 Å². The highest BCUT2D eigenvalue weighted by Crippen LogP contribution is 2.38. The number of rotatable bonds is 14. The number of carbonyl (C=O) groups excluding carboxylic acids is 1. The molecule has 0 aromatic heterocycles. The standard InChI is InChI=1S/C31H39N3O6S/c32-26-11-6-24(7-12-26)30(36)21-33-16-18-40-27-13-8-22(9-14-27)25-10-15-28(29(20-25)23-4-1-2-5-23)31(37)34-41(38,39)19-3-17-35/h6-15,20,23,30,33,35-36H,1-5,16-19,21,32H2,(H,34,37)/t30-/m1/s1. The number of amides is 1. The van der Waals surface area contributed by atoms with Crippen LogP contribution in [-0.2, 0) is 10.0 Å².